The molecule has 0 fully saturated rings. The number of nitro benzene ring substituents is 1. The normalized spacial score (nSPS) is 10.8. The molecule has 0 aliphatic rings. The molecular formula is C13H17N3O5. The molecule has 1 aromatic carbocycles. The largest absolute Gasteiger partial charge is 0.481 e. The van der Waals surface area contributed by atoms with Crippen molar-refractivity contribution in [1.82, 2.24) is 5.32 Å². The smallest absolute Gasteiger partial charge is 0.310 e. The Morgan fingerprint density at radius 3 is 2.48 bits per heavy atom. The Balaban J connectivity index is 3.10. The quantitative estimate of drug-likeness (QED) is 0.539. The maximum absolute atomic E-state index is 11.6. The highest BCUT2D eigenvalue weighted by atomic mass is 16.6. The summed E-state index contributed by atoms with van der Waals surface area (Å²) in [7, 11) is 1.45. The Hall–Kier alpha value is -2.64. The predicted molar refractivity (Wildman–Crippen MR) is 76.4 cm³/mol. The Labute approximate surface area is 121 Å². The molecule has 0 heterocycles. The number of benzene rings is 1. The number of anilines is 1. The molecule has 114 valence electrons. The first-order chi connectivity index (χ1) is 9.69. The molecule has 1 amide bonds. The number of amides is 1. The van der Waals surface area contributed by atoms with Gasteiger partial charge in [-0.3, -0.25) is 19.7 Å². The van der Waals surface area contributed by atoms with E-state index in [-0.39, 0.29) is 29.4 Å². The minimum absolute atomic E-state index is 0.0135. The number of aliphatic carboxylic acids is 1. The van der Waals surface area contributed by atoms with E-state index < -0.39 is 16.3 Å². The van der Waals surface area contributed by atoms with E-state index in [0.29, 0.717) is 0 Å². The summed E-state index contributed by atoms with van der Waals surface area (Å²) in [4.78, 5) is 33.0. The Kier molecular flexibility index (Phi) is 4.85. The molecule has 8 nitrogen and oxygen atoms in total. The van der Waals surface area contributed by atoms with E-state index in [4.69, 9.17) is 5.11 Å². The lowest BCUT2D eigenvalue weighted by molar-refractivity contribution is -0.384. The second-order valence-corrected chi connectivity index (χ2v) is 5.11. The van der Waals surface area contributed by atoms with Crippen LogP contribution in [-0.2, 0) is 4.79 Å². The molecule has 0 spiro atoms. The van der Waals surface area contributed by atoms with E-state index in [1.54, 1.807) is 0 Å². The molecule has 0 saturated carbocycles. The molecule has 0 radical (unpaired) electrons. The molecule has 0 aliphatic heterocycles. The number of carbonyl (C=O) groups is 2. The van der Waals surface area contributed by atoms with Gasteiger partial charge in [0.25, 0.3) is 11.6 Å². The van der Waals surface area contributed by atoms with Gasteiger partial charge in [0.15, 0.2) is 0 Å². The van der Waals surface area contributed by atoms with E-state index in [1.165, 1.54) is 39.1 Å². The van der Waals surface area contributed by atoms with Gasteiger partial charge >= 0.3 is 5.97 Å². The third kappa shape index (κ3) is 3.91. The average Bonchev–Trinajstić information content (AvgIpc) is 2.43. The molecule has 0 atom stereocenters. The molecular weight excluding hydrogens is 278 g/mol. The first kappa shape index (κ1) is 16.4. The summed E-state index contributed by atoms with van der Waals surface area (Å²) in [6.45, 7) is 2.98. The summed E-state index contributed by atoms with van der Waals surface area (Å²) in [6.07, 6.45) is 0. The average molecular weight is 295 g/mol. The molecule has 3 N–H and O–H groups in total. The van der Waals surface area contributed by atoms with Gasteiger partial charge in [-0.15, -0.1) is 0 Å². The van der Waals surface area contributed by atoms with Crippen LogP contribution in [0.25, 0.3) is 0 Å². The van der Waals surface area contributed by atoms with Gasteiger partial charge in [0.1, 0.15) is 5.69 Å². The second-order valence-electron chi connectivity index (χ2n) is 5.11. The van der Waals surface area contributed by atoms with Gasteiger partial charge < -0.3 is 15.7 Å². The van der Waals surface area contributed by atoms with E-state index >= 15 is 0 Å². The van der Waals surface area contributed by atoms with Gasteiger partial charge in [0.05, 0.1) is 10.3 Å². The van der Waals surface area contributed by atoms with Gasteiger partial charge in [0, 0.05) is 25.2 Å². The van der Waals surface area contributed by atoms with Crippen molar-refractivity contribution in [3.63, 3.8) is 0 Å². The summed E-state index contributed by atoms with van der Waals surface area (Å²) in [6, 6.07) is 3.88. The number of nitrogens with one attached hydrogen (secondary N) is 2. The van der Waals surface area contributed by atoms with Crippen molar-refractivity contribution < 1.29 is 19.6 Å². The molecule has 21 heavy (non-hydrogen) atoms. The van der Waals surface area contributed by atoms with Crippen LogP contribution in [0.5, 0.6) is 0 Å². The minimum Gasteiger partial charge on any atom is -0.481 e. The van der Waals surface area contributed by atoms with Gasteiger partial charge in [-0.25, -0.2) is 0 Å². The molecule has 1 rings (SSSR count). The van der Waals surface area contributed by atoms with Crippen LogP contribution in [0.1, 0.15) is 24.2 Å². The maximum Gasteiger partial charge on any atom is 0.310 e. The topological polar surface area (TPSA) is 122 Å². The maximum atomic E-state index is 11.6. The van der Waals surface area contributed by atoms with E-state index in [9.17, 15) is 19.7 Å². The molecule has 0 saturated heterocycles. The number of carboxylic acids is 1. The van der Waals surface area contributed by atoms with Crippen molar-refractivity contribution in [2.75, 3.05) is 18.9 Å². The molecule has 8 heteroatoms. The van der Waals surface area contributed by atoms with Crippen molar-refractivity contribution in [1.29, 1.82) is 0 Å². The lowest BCUT2D eigenvalue weighted by atomic mass is 9.94. The monoisotopic (exact) mass is 295 g/mol. The molecule has 1 aromatic rings. The number of nitrogens with zero attached hydrogens (tertiary/aromatic N) is 1. The van der Waals surface area contributed by atoms with Gasteiger partial charge in [-0.05, 0) is 26.0 Å². The third-order valence-electron chi connectivity index (χ3n) is 2.98. The van der Waals surface area contributed by atoms with Crippen molar-refractivity contribution in [2.24, 2.45) is 5.41 Å². The first-order valence-corrected chi connectivity index (χ1v) is 6.17. The van der Waals surface area contributed by atoms with Crippen LogP contribution in [0.15, 0.2) is 18.2 Å². The Morgan fingerprint density at radius 2 is 2.00 bits per heavy atom. The van der Waals surface area contributed by atoms with Crippen LogP contribution in [0.3, 0.4) is 0 Å². The molecule has 0 aromatic heterocycles. The lowest BCUT2D eigenvalue weighted by Gasteiger charge is -2.20. The van der Waals surface area contributed by atoms with Crippen molar-refractivity contribution in [3.8, 4) is 0 Å². The Bertz CT molecular complexity index is 583. The van der Waals surface area contributed by atoms with E-state index in [2.05, 4.69) is 10.6 Å². The third-order valence-corrected chi connectivity index (χ3v) is 2.98. The summed E-state index contributed by atoms with van der Waals surface area (Å²) < 4.78 is 0. The van der Waals surface area contributed by atoms with Gasteiger partial charge in [0.2, 0.25) is 0 Å². The fraction of sp³-hybridized carbons (Fsp3) is 0.385. The Morgan fingerprint density at radius 1 is 1.38 bits per heavy atom. The van der Waals surface area contributed by atoms with Gasteiger partial charge in [-0.2, -0.15) is 0 Å². The number of nitro groups is 1. The van der Waals surface area contributed by atoms with E-state index in [1.807, 2.05) is 0 Å². The fourth-order valence-corrected chi connectivity index (χ4v) is 1.51. The SMILES string of the molecule is CNC(=O)c1ccc([N+](=O)[O-])c(NCC(C)(C)C(=O)O)c1. The zero-order valence-electron chi connectivity index (χ0n) is 12.0. The summed E-state index contributed by atoms with van der Waals surface area (Å²) in [5, 5.41) is 25.2. The van der Waals surface area contributed by atoms with Crippen molar-refractivity contribution in [3.05, 3.63) is 33.9 Å². The fourth-order valence-electron chi connectivity index (χ4n) is 1.51. The highest BCUT2D eigenvalue weighted by Gasteiger charge is 2.28. The standard InChI is InChI=1S/C13H17N3O5/c1-13(2,12(18)19)7-15-9-6-8(11(17)14-3)4-5-10(9)16(20)21/h4-6,15H,7H2,1-3H3,(H,14,17)(H,18,19). The highest BCUT2D eigenvalue weighted by molar-refractivity contribution is 5.95. The van der Waals surface area contributed by atoms with Crippen LogP contribution in [0.4, 0.5) is 11.4 Å². The molecule has 0 unspecified atom stereocenters. The van der Waals surface area contributed by atoms with E-state index in [0.717, 1.165) is 0 Å². The van der Waals surface area contributed by atoms with Gasteiger partial charge in [-0.1, -0.05) is 0 Å². The number of hydrogen-bond donors (Lipinski definition) is 3. The summed E-state index contributed by atoms with van der Waals surface area (Å²) in [5.41, 5.74) is -0.963. The zero-order valence-corrected chi connectivity index (χ0v) is 12.0. The predicted octanol–water partition coefficient (Wildman–Crippen LogP) is 1.48. The lowest BCUT2D eigenvalue weighted by Crippen LogP contribution is -2.32. The number of hydrogen-bond acceptors (Lipinski definition) is 5. The van der Waals surface area contributed by atoms with Crippen LogP contribution in [-0.4, -0.2) is 35.5 Å². The minimum atomic E-state index is -1.10. The number of carbonyl (C=O) groups excluding carboxylic acids is 1. The highest BCUT2D eigenvalue weighted by Crippen LogP contribution is 2.27. The first-order valence-electron chi connectivity index (χ1n) is 6.17. The van der Waals surface area contributed by atoms with Crippen molar-refractivity contribution >= 4 is 23.3 Å². The van der Waals surface area contributed by atoms with Crippen LogP contribution in [0, 0.1) is 15.5 Å². The van der Waals surface area contributed by atoms with Crippen LogP contribution >= 0.6 is 0 Å². The number of carboxylic acid groups (broad SMARTS) is 1. The second kappa shape index (κ2) is 6.21. The molecule has 0 aliphatic carbocycles. The summed E-state index contributed by atoms with van der Waals surface area (Å²) in [5.74, 6) is -1.41. The van der Waals surface area contributed by atoms with Crippen LogP contribution < -0.4 is 10.6 Å². The zero-order chi connectivity index (χ0) is 16.2. The number of rotatable bonds is 6. The van der Waals surface area contributed by atoms with Crippen molar-refractivity contribution in [2.45, 2.75) is 13.8 Å². The molecule has 0 bridgehead atoms. The van der Waals surface area contributed by atoms with Crippen LogP contribution in [0.2, 0.25) is 0 Å². The summed E-state index contributed by atoms with van der Waals surface area (Å²) >= 11 is 0.